The van der Waals surface area contributed by atoms with Gasteiger partial charge in [0.05, 0.1) is 16.0 Å². The first kappa shape index (κ1) is 26.0. The normalized spacial score (nSPS) is 17.8. The molecule has 1 aliphatic rings. The lowest BCUT2D eigenvalue weighted by Gasteiger charge is -2.38. The Morgan fingerprint density at radius 3 is 2.00 bits per heavy atom. The number of sulfonamides is 2. The van der Waals surface area contributed by atoms with Crippen molar-refractivity contribution in [2.75, 3.05) is 19.6 Å². The lowest BCUT2D eigenvalue weighted by molar-refractivity contribution is -0.125. The van der Waals surface area contributed by atoms with Gasteiger partial charge >= 0.3 is 0 Å². The van der Waals surface area contributed by atoms with Crippen molar-refractivity contribution in [3.63, 3.8) is 0 Å². The highest BCUT2D eigenvalue weighted by Crippen LogP contribution is 2.25. The highest BCUT2D eigenvalue weighted by Gasteiger charge is 2.43. The number of hydrogen-bond donors (Lipinski definition) is 1. The van der Waals surface area contributed by atoms with Gasteiger partial charge in [0.15, 0.2) is 0 Å². The molecule has 9 nitrogen and oxygen atoms in total. The molecule has 1 heterocycles. The number of amides is 1. The van der Waals surface area contributed by atoms with Gasteiger partial charge in [0.25, 0.3) is 5.91 Å². The molecule has 0 saturated carbocycles. The minimum atomic E-state index is -4.10. The number of nitrogens with one attached hydrogen (secondary N) is 1. The molecule has 0 aromatic heterocycles. The Morgan fingerprint density at radius 1 is 0.833 bits per heavy atom. The number of piperazine rings is 1. The second-order valence-corrected chi connectivity index (χ2v) is 12.1. The van der Waals surface area contributed by atoms with Crippen LogP contribution in [0.15, 0.2) is 99.8 Å². The summed E-state index contributed by atoms with van der Waals surface area (Å²) in [5.74, 6) is -0.772. The predicted molar refractivity (Wildman–Crippen MR) is 137 cm³/mol. The Morgan fingerprint density at radius 2 is 1.39 bits per heavy atom. The van der Waals surface area contributed by atoms with Crippen LogP contribution in [0.5, 0.6) is 0 Å². The van der Waals surface area contributed by atoms with Crippen LogP contribution >= 0.6 is 11.6 Å². The maximum atomic E-state index is 13.4. The van der Waals surface area contributed by atoms with Gasteiger partial charge in [0.1, 0.15) is 6.04 Å². The van der Waals surface area contributed by atoms with Gasteiger partial charge in [-0.05, 0) is 30.3 Å². The zero-order valence-electron chi connectivity index (χ0n) is 18.9. The molecule has 1 fully saturated rings. The minimum absolute atomic E-state index is 0.00161. The van der Waals surface area contributed by atoms with E-state index < -0.39 is 32.0 Å². The number of carbonyl (C=O) groups excluding carboxylic acids is 1. The first-order valence-corrected chi connectivity index (χ1v) is 14.2. The molecule has 0 aliphatic carbocycles. The Bertz CT molecular complexity index is 1470. The van der Waals surface area contributed by atoms with Crippen LogP contribution in [0.3, 0.4) is 0 Å². The summed E-state index contributed by atoms with van der Waals surface area (Å²) in [6.07, 6.45) is 1.33. The van der Waals surface area contributed by atoms with Crippen molar-refractivity contribution in [2.24, 2.45) is 5.10 Å². The van der Waals surface area contributed by atoms with Crippen molar-refractivity contribution < 1.29 is 21.6 Å². The monoisotopic (exact) mass is 546 g/mol. The maximum Gasteiger partial charge on any atom is 0.259 e. The number of carbonyl (C=O) groups is 1. The first-order chi connectivity index (χ1) is 17.2. The van der Waals surface area contributed by atoms with Gasteiger partial charge in [0, 0.05) is 30.2 Å². The standard InChI is InChI=1S/C24H23ClN4O5S2/c25-22-14-8-7-9-19(22)17-26-27-24(30)23-18-28(35(31,32)20-10-3-1-4-11-20)15-16-29(23)36(33,34)21-12-5-2-6-13-21/h1-14,17,23H,15-16,18H2,(H,27,30)/b26-17-/t23-/m0/s1. The summed E-state index contributed by atoms with van der Waals surface area (Å²) in [6.45, 7) is -0.706. The third-order valence-electron chi connectivity index (χ3n) is 5.61. The quantitative estimate of drug-likeness (QED) is 0.361. The topological polar surface area (TPSA) is 116 Å². The van der Waals surface area contributed by atoms with E-state index in [2.05, 4.69) is 10.5 Å². The molecule has 0 radical (unpaired) electrons. The molecule has 4 rings (SSSR count). The van der Waals surface area contributed by atoms with Crippen LogP contribution in [-0.4, -0.2) is 63.2 Å². The van der Waals surface area contributed by atoms with E-state index in [0.717, 1.165) is 8.61 Å². The summed E-state index contributed by atoms with van der Waals surface area (Å²) in [4.78, 5) is 13.2. The van der Waals surface area contributed by atoms with Crippen LogP contribution in [0.1, 0.15) is 5.56 Å². The van der Waals surface area contributed by atoms with Crippen molar-refractivity contribution in [3.05, 3.63) is 95.5 Å². The SMILES string of the molecule is O=C(N/N=C\c1ccccc1Cl)[C@@H]1CN(S(=O)(=O)c2ccccc2)CCN1S(=O)(=O)c1ccccc1. The van der Waals surface area contributed by atoms with Gasteiger partial charge < -0.3 is 0 Å². The van der Waals surface area contributed by atoms with Crippen molar-refractivity contribution in [1.82, 2.24) is 14.0 Å². The van der Waals surface area contributed by atoms with E-state index in [1.807, 2.05) is 0 Å². The van der Waals surface area contributed by atoms with E-state index in [0.29, 0.717) is 10.6 Å². The molecule has 1 saturated heterocycles. The van der Waals surface area contributed by atoms with Crippen molar-refractivity contribution in [3.8, 4) is 0 Å². The van der Waals surface area contributed by atoms with Crippen LogP contribution in [0.25, 0.3) is 0 Å². The number of benzene rings is 3. The summed E-state index contributed by atoms with van der Waals surface area (Å²) in [5, 5.41) is 4.33. The van der Waals surface area contributed by atoms with Gasteiger partial charge in [-0.25, -0.2) is 22.3 Å². The van der Waals surface area contributed by atoms with Gasteiger partial charge in [-0.2, -0.15) is 13.7 Å². The second-order valence-electron chi connectivity index (χ2n) is 7.88. The zero-order chi connectivity index (χ0) is 25.8. The van der Waals surface area contributed by atoms with Crippen molar-refractivity contribution >= 4 is 43.8 Å². The highest BCUT2D eigenvalue weighted by atomic mass is 35.5. The van der Waals surface area contributed by atoms with Crippen LogP contribution in [0.4, 0.5) is 0 Å². The average Bonchev–Trinajstić information content (AvgIpc) is 2.90. The van der Waals surface area contributed by atoms with E-state index in [4.69, 9.17) is 11.6 Å². The number of nitrogens with zero attached hydrogens (tertiary/aromatic N) is 3. The van der Waals surface area contributed by atoms with Gasteiger partial charge in [0.2, 0.25) is 20.0 Å². The average molecular weight is 547 g/mol. The molecule has 1 atom stereocenters. The highest BCUT2D eigenvalue weighted by molar-refractivity contribution is 7.89. The molecule has 36 heavy (non-hydrogen) atoms. The molecule has 1 aliphatic heterocycles. The van der Waals surface area contributed by atoms with E-state index in [1.54, 1.807) is 60.7 Å². The molecule has 3 aromatic rings. The molecule has 0 bridgehead atoms. The molecule has 3 aromatic carbocycles. The van der Waals surface area contributed by atoms with Crippen LogP contribution in [0, 0.1) is 0 Å². The van der Waals surface area contributed by atoms with E-state index in [-0.39, 0.29) is 29.4 Å². The number of rotatable bonds is 7. The fraction of sp³-hybridized carbons (Fsp3) is 0.167. The fourth-order valence-electron chi connectivity index (χ4n) is 3.75. The lowest BCUT2D eigenvalue weighted by atomic mass is 10.2. The third kappa shape index (κ3) is 5.50. The lowest BCUT2D eigenvalue weighted by Crippen LogP contribution is -2.60. The summed E-state index contributed by atoms with van der Waals surface area (Å²) in [5.41, 5.74) is 2.88. The molecule has 0 unspecified atom stereocenters. The molecule has 1 amide bonds. The van der Waals surface area contributed by atoms with Gasteiger partial charge in [-0.1, -0.05) is 66.2 Å². The van der Waals surface area contributed by atoms with Crippen LogP contribution in [-0.2, 0) is 24.8 Å². The Hall–Kier alpha value is -3.09. The summed E-state index contributed by atoms with van der Waals surface area (Å²) >= 11 is 6.10. The summed E-state index contributed by atoms with van der Waals surface area (Å²) in [6, 6.07) is 20.9. The van der Waals surface area contributed by atoms with Crippen molar-refractivity contribution in [1.29, 1.82) is 0 Å². The zero-order valence-corrected chi connectivity index (χ0v) is 21.3. The van der Waals surface area contributed by atoms with Crippen molar-refractivity contribution in [2.45, 2.75) is 15.8 Å². The molecule has 188 valence electrons. The first-order valence-electron chi connectivity index (χ1n) is 10.9. The van der Waals surface area contributed by atoms with Gasteiger partial charge in [-0.3, -0.25) is 4.79 Å². The predicted octanol–water partition coefficient (Wildman–Crippen LogP) is 2.55. The largest absolute Gasteiger partial charge is 0.271 e. The number of hydrazone groups is 1. The Balaban J connectivity index is 1.63. The molecule has 0 spiro atoms. The molecular formula is C24H23ClN4O5S2. The summed E-state index contributed by atoms with van der Waals surface area (Å²) in [7, 11) is -8.05. The van der Waals surface area contributed by atoms with Crippen LogP contribution in [0.2, 0.25) is 5.02 Å². The van der Waals surface area contributed by atoms with Crippen LogP contribution < -0.4 is 5.43 Å². The fourth-order valence-corrected chi connectivity index (χ4v) is 6.98. The number of hydrogen-bond acceptors (Lipinski definition) is 6. The summed E-state index contributed by atoms with van der Waals surface area (Å²) < 4.78 is 55.3. The molecular weight excluding hydrogens is 524 g/mol. The Labute approximate surface area is 215 Å². The number of halogens is 1. The smallest absolute Gasteiger partial charge is 0.259 e. The maximum absolute atomic E-state index is 13.4. The molecule has 1 N–H and O–H groups in total. The van der Waals surface area contributed by atoms with E-state index in [1.165, 1.54) is 30.5 Å². The van der Waals surface area contributed by atoms with E-state index in [9.17, 15) is 21.6 Å². The second kappa shape index (κ2) is 10.9. The minimum Gasteiger partial charge on any atom is -0.271 e. The van der Waals surface area contributed by atoms with E-state index >= 15 is 0 Å². The molecule has 12 heteroatoms. The third-order valence-corrected chi connectivity index (χ3v) is 9.76. The van der Waals surface area contributed by atoms with Gasteiger partial charge in [-0.15, -0.1) is 0 Å². The Kier molecular flexibility index (Phi) is 7.86.